The Hall–Kier alpha value is -1.95. The fraction of sp³-hybridized carbons (Fsp3) is 0.412. The summed E-state index contributed by atoms with van der Waals surface area (Å²) in [7, 11) is 1.96. The highest BCUT2D eigenvalue weighted by Crippen LogP contribution is 2.09. The van der Waals surface area contributed by atoms with Gasteiger partial charge in [-0.2, -0.15) is 0 Å². The van der Waals surface area contributed by atoms with E-state index in [1.807, 2.05) is 31.9 Å². The van der Waals surface area contributed by atoms with Crippen molar-refractivity contribution in [3.63, 3.8) is 0 Å². The first-order valence-corrected chi connectivity index (χ1v) is 8.61. The van der Waals surface area contributed by atoms with Crippen LogP contribution in [0.3, 0.4) is 0 Å². The quantitative estimate of drug-likeness (QED) is 0.651. The van der Waals surface area contributed by atoms with Crippen molar-refractivity contribution in [3.05, 3.63) is 51.7 Å². The van der Waals surface area contributed by atoms with E-state index in [2.05, 4.69) is 20.7 Å². The average molecular weight is 334 g/mol. The van der Waals surface area contributed by atoms with Crippen molar-refractivity contribution in [1.29, 1.82) is 0 Å². The third-order valence-corrected chi connectivity index (χ3v) is 4.12. The summed E-state index contributed by atoms with van der Waals surface area (Å²) < 4.78 is 13.3. The highest BCUT2D eigenvalue weighted by Gasteiger charge is 2.07. The molecule has 6 heteroatoms. The van der Waals surface area contributed by atoms with E-state index in [0.29, 0.717) is 13.1 Å². The van der Waals surface area contributed by atoms with Crippen LogP contribution in [0.5, 0.6) is 0 Å². The van der Waals surface area contributed by atoms with Crippen LogP contribution >= 0.6 is 11.3 Å². The second-order valence-electron chi connectivity index (χ2n) is 5.33. The molecular weight excluding hydrogens is 311 g/mol. The van der Waals surface area contributed by atoms with Crippen LogP contribution in [0.2, 0.25) is 0 Å². The molecule has 1 aromatic heterocycles. The number of halogens is 1. The van der Waals surface area contributed by atoms with Crippen molar-refractivity contribution in [3.8, 4) is 0 Å². The summed E-state index contributed by atoms with van der Waals surface area (Å²) in [6.07, 6.45) is 0.826. The van der Waals surface area contributed by atoms with Gasteiger partial charge in [-0.3, -0.25) is 4.99 Å². The summed E-state index contributed by atoms with van der Waals surface area (Å²) >= 11 is 1.66. The Morgan fingerprint density at radius 3 is 2.91 bits per heavy atom. The second kappa shape index (κ2) is 8.62. The molecule has 2 rings (SSSR count). The molecule has 1 heterocycles. The van der Waals surface area contributed by atoms with Crippen LogP contribution in [0.1, 0.15) is 23.2 Å². The lowest BCUT2D eigenvalue weighted by Gasteiger charge is -2.22. The van der Waals surface area contributed by atoms with Crippen molar-refractivity contribution in [2.75, 3.05) is 20.1 Å². The lowest BCUT2D eigenvalue weighted by Crippen LogP contribution is -2.38. The van der Waals surface area contributed by atoms with Gasteiger partial charge < -0.3 is 10.2 Å². The largest absolute Gasteiger partial charge is 0.357 e. The zero-order valence-corrected chi connectivity index (χ0v) is 14.7. The Kier molecular flexibility index (Phi) is 6.52. The molecule has 2 aromatic rings. The second-order valence-corrected chi connectivity index (χ2v) is 6.39. The van der Waals surface area contributed by atoms with E-state index in [4.69, 9.17) is 0 Å². The van der Waals surface area contributed by atoms with E-state index < -0.39 is 0 Å². The fourth-order valence-electron chi connectivity index (χ4n) is 2.25. The summed E-state index contributed by atoms with van der Waals surface area (Å²) in [5, 5.41) is 6.43. The summed E-state index contributed by atoms with van der Waals surface area (Å²) in [6.45, 7) is 6.13. The van der Waals surface area contributed by atoms with Crippen LogP contribution in [-0.4, -0.2) is 36.0 Å². The summed E-state index contributed by atoms with van der Waals surface area (Å²) in [5.74, 6) is 0.612. The molecule has 0 aliphatic rings. The zero-order chi connectivity index (χ0) is 16.7. The van der Waals surface area contributed by atoms with Gasteiger partial charge in [-0.25, -0.2) is 9.37 Å². The SMILES string of the molecule is CCNC(=NCCc1csc(C)n1)N(C)Cc1cccc(F)c1. The third kappa shape index (κ3) is 5.63. The molecule has 1 N–H and O–H groups in total. The maximum absolute atomic E-state index is 13.3. The molecule has 0 fully saturated rings. The molecule has 0 saturated heterocycles. The van der Waals surface area contributed by atoms with Gasteiger partial charge in [0.2, 0.25) is 0 Å². The van der Waals surface area contributed by atoms with Gasteiger partial charge in [0, 0.05) is 38.5 Å². The number of aliphatic imine (C=N–C) groups is 1. The van der Waals surface area contributed by atoms with Crippen molar-refractivity contribution >= 4 is 17.3 Å². The van der Waals surface area contributed by atoms with Crippen molar-refractivity contribution in [1.82, 2.24) is 15.2 Å². The number of rotatable bonds is 6. The van der Waals surface area contributed by atoms with Crippen LogP contribution in [0.25, 0.3) is 0 Å². The first-order valence-electron chi connectivity index (χ1n) is 7.73. The van der Waals surface area contributed by atoms with E-state index in [9.17, 15) is 4.39 Å². The molecule has 0 unspecified atom stereocenters. The maximum atomic E-state index is 13.3. The van der Waals surface area contributed by atoms with Gasteiger partial charge in [0.1, 0.15) is 5.82 Å². The number of thiazole rings is 1. The molecular formula is C17H23FN4S. The maximum Gasteiger partial charge on any atom is 0.193 e. The first-order chi connectivity index (χ1) is 11.1. The molecule has 0 atom stereocenters. The van der Waals surface area contributed by atoms with Crippen LogP contribution < -0.4 is 5.32 Å². The molecule has 0 aliphatic carbocycles. The Morgan fingerprint density at radius 2 is 2.26 bits per heavy atom. The Bertz CT molecular complexity index is 654. The molecule has 0 aliphatic heterocycles. The minimum absolute atomic E-state index is 0.211. The van der Waals surface area contributed by atoms with E-state index in [-0.39, 0.29) is 5.82 Å². The van der Waals surface area contributed by atoms with Crippen molar-refractivity contribution < 1.29 is 4.39 Å². The predicted molar refractivity (Wildman–Crippen MR) is 94.4 cm³/mol. The van der Waals surface area contributed by atoms with Gasteiger partial charge in [0.05, 0.1) is 10.7 Å². The number of benzene rings is 1. The summed E-state index contributed by atoms with van der Waals surface area (Å²) in [5.41, 5.74) is 2.01. The van der Waals surface area contributed by atoms with Crippen LogP contribution in [-0.2, 0) is 13.0 Å². The van der Waals surface area contributed by atoms with E-state index in [1.54, 1.807) is 23.5 Å². The number of aryl methyl sites for hydroxylation is 1. The summed E-state index contributed by atoms with van der Waals surface area (Å²) in [4.78, 5) is 11.1. The zero-order valence-electron chi connectivity index (χ0n) is 13.8. The van der Waals surface area contributed by atoms with Gasteiger partial charge >= 0.3 is 0 Å². The molecule has 0 radical (unpaired) electrons. The number of hydrogen-bond acceptors (Lipinski definition) is 3. The Morgan fingerprint density at radius 1 is 1.43 bits per heavy atom. The molecule has 0 bridgehead atoms. The summed E-state index contributed by atoms with van der Waals surface area (Å²) in [6, 6.07) is 6.66. The van der Waals surface area contributed by atoms with Crippen LogP contribution in [0.15, 0.2) is 34.6 Å². The Labute approximate surface area is 141 Å². The van der Waals surface area contributed by atoms with Crippen LogP contribution in [0, 0.1) is 12.7 Å². The highest BCUT2D eigenvalue weighted by molar-refractivity contribution is 7.09. The van der Waals surface area contributed by atoms with E-state index in [1.165, 1.54) is 6.07 Å². The number of guanidine groups is 1. The first kappa shape index (κ1) is 17.4. The average Bonchev–Trinajstić information content (AvgIpc) is 2.92. The number of nitrogens with zero attached hydrogens (tertiary/aromatic N) is 3. The monoisotopic (exact) mass is 334 g/mol. The van der Waals surface area contributed by atoms with Gasteiger partial charge in [0.25, 0.3) is 0 Å². The predicted octanol–water partition coefficient (Wildman–Crippen LogP) is 3.23. The highest BCUT2D eigenvalue weighted by atomic mass is 32.1. The minimum Gasteiger partial charge on any atom is -0.357 e. The number of hydrogen-bond donors (Lipinski definition) is 1. The molecule has 0 spiro atoms. The molecule has 0 amide bonds. The van der Waals surface area contributed by atoms with Gasteiger partial charge in [0.15, 0.2) is 5.96 Å². The molecule has 4 nitrogen and oxygen atoms in total. The van der Waals surface area contributed by atoms with E-state index in [0.717, 1.165) is 35.2 Å². The van der Waals surface area contributed by atoms with Gasteiger partial charge in [-0.1, -0.05) is 12.1 Å². The smallest absolute Gasteiger partial charge is 0.193 e. The topological polar surface area (TPSA) is 40.5 Å². The number of nitrogens with one attached hydrogen (secondary N) is 1. The van der Waals surface area contributed by atoms with Gasteiger partial charge in [-0.05, 0) is 31.5 Å². The standard InChI is InChI=1S/C17H23FN4S/c1-4-19-17(20-9-8-16-12-23-13(2)21-16)22(3)11-14-6-5-7-15(18)10-14/h5-7,10,12H,4,8-9,11H2,1-3H3,(H,19,20). The minimum atomic E-state index is -0.211. The normalized spacial score (nSPS) is 11.6. The van der Waals surface area contributed by atoms with Crippen molar-refractivity contribution in [2.45, 2.75) is 26.8 Å². The third-order valence-electron chi connectivity index (χ3n) is 3.30. The molecule has 0 saturated carbocycles. The van der Waals surface area contributed by atoms with Crippen molar-refractivity contribution in [2.24, 2.45) is 4.99 Å². The lowest BCUT2D eigenvalue weighted by atomic mass is 10.2. The fourth-order valence-corrected chi connectivity index (χ4v) is 2.90. The molecule has 23 heavy (non-hydrogen) atoms. The lowest BCUT2D eigenvalue weighted by molar-refractivity contribution is 0.475. The Balaban J connectivity index is 1.96. The molecule has 124 valence electrons. The molecule has 1 aromatic carbocycles. The van der Waals surface area contributed by atoms with Gasteiger partial charge in [-0.15, -0.1) is 11.3 Å². The van der Waals surface area contributed by atoms with E-state index >= 15 is 0 Å². The van der Waals surface area contributed by atoms with Crippen LogP contribution in [0.4, 0.5) is 4.39 Å². The number of aromatic nitrogens is 1.